The molecule has 0 fully saturated rings. The van der Waals surface area contributed by atoms with Crippen molar-refractivity contribution >= 4 is 33.5 Å². The number of benzene rings is 1. The monoisotopic (exact) mass is 330 g/mol. The van der Waals surface area contributed by atoms with Crippen LogP contribution in [0.25, 0.3) is 0 Å². The summed E-state index contributed by atoms with van der Waals surface area (Å²) in [6.07, 6.45) is -0.455. The molecular weight excluding hydrogens is 316 g/mol. The van der Waals surface area contributed by atoms with Gasteiger partial charge in [-0.25, -0.2) is 0 Å². The zero-order valence-corrected chi connectivity index (χ0v) is 11.9. The van der Waals surface area contributed by atoms with Crippen molar-refractivity contribution in [3.05, 3.63) is 28.2 Å². The highest BCUT2D eigenvalue weighted by atomic mass is 79.9. The maximum absolute atomic E-state index is 11.8. The van der Waals surface area contributed by atoms with Crippen LogP contribution >= 0.6 is 15.9 Å². The Balaban J connectivity index is 2.68. The molecule has 1 rings (SSSR count). The van der Waals surface area contributed by atoms with E-state index >= 15 is 0 Å². The van der Waals surface area contributed by atoms with E-state index in [0.717, 1.165) is 4.47 Å². The molecule has 0 spiro atoms. The molecule has 0 bridgehead atoms. The molecule has 0 saturated heterocycles. The molecule has 5 N–H and O–H groups in total. The Morgan fingerprint density at radius 3 is 2.63 bits per heavy atom. The zero-order valence-electron chi connectivity index (χ0n) is 10.3. The van der Waals surface area contributed by atoms with E-state index in [9.17, 15) is 14.7 Å². The lowest BCUT2D eigenvalue weighted by Crippen LogP contribution is -2.42. The minimum Gasteiger partial charge on any atom is -0.481 e. The minimum atomic E-state index is -1.51. The lowest BCUT2D eigenvalue weighted by Gasteiger charge is -2.21. The first-order valence-electron chi connectivity index (χ1n) is 5.49. The molecule has 1 amide bonds. The maximum atomic E-state index is 11.8. The molecule has 1 aromatic rings. The van der Waals surface area contributed by atoms with E-state index < -0.39 is 23.9 Å². The number of amides is 1. The van der Waals surface area contributed by atoms with Gasteiger partial charge in [0, 0.05) is 16.7 Å². The molecule has 6 nitrogen and oxygen atoms in total. The fourth-order valence-electron chi connectivity index (χ4n) is 1.49. The number of nitrogens with one attached hydrogen (secondary N) is 1. The number of carbonyl (C=O) groups excluding carboxylic acids is 1. The maximum Gasteiger partial charge on any atom is 0.306 e. The van der Waals surface area contributed by atoms with Crippen LogP contribution in [-0.4, -0.2) is 34.2 Å². The number of rotatable bonds is 5. The van der Waals surface area contributed by atoms with Crippen molar-refractivity contribution in [1.82, 2.24) is 5.32 Å². The summed E-state index contributed by atoms with van der Waals surface area (Å²) < 4.78 is 0.749. The van der Waals surface area contributed by atoms with Gasteiger partial charge in [-0.15, -0.1) is 0 Å². The number of carbonyl (C=O) groups is 2. The van der Waals surface area contributed by atoms with E-state index in [1.54, 1.807) is 18.2 Å². The standard InChI is InChI=1S/C12H15BrN2O4/c1-12(19,5-10(16)17)6-15-11(18)8-3-2-7(13)4-9(8)14/h2-4,19H,5-6,14H2,1H3,(H,15,18)(H,16,17). The first-order valence-corrected chi connectivity index (χ1v) is 6.28. The molecule has 1 atom stereocenters. The van der Waals surface area contributed by atoms with E-state index in [-0.39, 0.29) is 12.1 Å². The second-order valence-corrected chi connectivity index (χ2v) is 5.40. The second kappa shape index (κ2) is 6.03. The van der Waals surface area contributed by atoms with Crippen molar-refractivity contribution in [2.24, 2.45) is 0 Å². The Kier molecular flexibility index (Phi) is 4.90. The summed E-state index contributed by atoms with van der Waals surface area (Å²) in [6.45, 7) is 1.17. The Hall–Kier alpha value is -1.60. The number of carboxylic acid groups (broad SMARTS) is 1. The largest absolute Gasteiger partial charge is 0.481 e. The quantitative estimate of drug-likeness (QED) is 0.601. The van der Waals surface area contributed by atoms with Crippen LogP contribution in [0.15, 0.2) is 22.7 Å². The van der Waals surface area contributed by atoms with Gasteiger partial charge in [-0.1, -0.05) is 15.9 Å². The number of aliphatic hydroxyl groups is 1. The summed E-state index contributed by atoms with van der Waals surface area (Å²) in [5, 5.41) is 20.8. The molecular formula is C12H15BrN2O4. The number of halogens is 1. The van der Waals surface area contributed by atoms with Crippen molar-refractivity contribution in [2.45, 2.75) is 18.9 Å². The number of nitrogen functional groups attached to an aromatic ring is 1. The van der Waals surface area contributed by atoms with Gasteiger partial charge in [0.1, 0.15) is 0 Å². The molecule has 104 valence electrons. The smallest absolute Gasteiger partial charge is 0.306 e. The van der Waals surface area contributed by atoms with Crippen molar-refractivity contribution in [1.29, 1.82) is 0 Å². The summed E-state index contributed by atoms with van der Waals surface area (Å²) in [5.41, 5.74) is 4.76. The van der Waals surface area contributed by atoms with Gasteiger partial charge in [-0.3, -0.25) is 9.59 Å². The van der Waals surface area contributed by atoms with Crippen molar-refractivity contribution in [2.75, 3.05) is 12.3 Å². The van der Waals surface area contributed by atoms with Gasteiger partial charge in [0.25, 0.3) is 5.91 Å². The molecule has 1 unspecified atom stereocenters. The summed E-state index contributed by atoms with van der Waals surface area (Å²) in [5.74, 6) is -1.60. The summed E-state index contributed by atoms with van der Waals surface area (Å²) >= 11 is 3.23. The number of anilines is 1. The molecule has 0 aliphatic rings. The predicted molar refractivity (Wildman–Crippen MR) is 73.8 cm³/mol. The molecule has 0 aliphatic heterocycles. The number of hydrogen-bond acceptors (Lipinski definition) is 4. The van der Waals surface area contributed by atoms with Crippen LogP contribution in [0.2, 0.25) is 0 Å². The first-order chi connectivity index (χ1) is 8.71. The third kappa shape index (κ3) is 4.88. The second-order valence-electron chi connectivity index (χ2n) is 4.48. The minimum absolute atomic E-state index is 0.173. The van der Waals surface area contributed by atoms with Crippen LogP contribution < -0.4 is 11.1 Å². The number of aliphatic carboxylic acids is 1. The van der Waals surface area contributed by atoms with E-state index in [1.807, 2.05) is 0 Å². The van der Waals surface area contributed by atoms with E-state index in [1.165, 1.54) is 6.92 Å². The fourth-order valence-corrected chi connectivity index (χ4v) is 1.87. The van der Waals surface area contributed by atoms with Gasteiger partial charge >= 0.3 is 5.97 Å². The Bertz CT molecular complexity index is 503. The SMILES string of the molecule is CC(O)(CNC(=O)c1ccc(Br)cc1N)CC(=O)O. The summed E-state index contributed by atoms with van der Waals surface area (Å²) in [4.78, 5) is 22.4. The Labute approximate surface area is 118 Å². The topological polar surface area (TPSA) is 113 Å². The van der Waals surface area contributed by atoms with Gasteiger partial charge in [-0.05, 0) is 25.1 Å². The Morgan fingerprint density at radius 2 is 2.11 bits per heavy atom. The number of carboxylic acids is 1. The van der Waals surface area contributed by atoms with Gasteiger partial charge in [-0.2, -0.15) is 0 Å². The lowest BCUT2D eigenvalue weighted by atomic mass is 10.0. The van der Waals surface area contributed by atoms with E-state index in [0.29, 0.717) is 5.69 Å². The van der Waals surface area contributed by atoms with Crippen molar-refractivity contribution in [3.63, 3.8) is 0 Å². The molecule has 1 aromatic carbocycles. The molecule has 0 saturated carbocycles. The van der Waals surface area contributed by atoms with Crippen LogP contribution in [0.5, 0.6) is 0 Å². The molecule has 0 radical (unpaired) electrons. The summed E-state index contributed by atoms with van der Waals surface area (Å²) in [6, 6.07) is 4.80. The predicted octanol–water partition coefficient (Wildman–Crippen LogP) is 0.987. The lowest BCUT2D eigenvalue weighted by molar-refractivity contribution is -0.141. The van der Waals surface area contributed by atoms with Gasteiger partial charge in [0.05, 0.1) is 17.6 Å². The highest BCUT2D eigenvalue weighted by molar-refractivity contribution is 9.10. The third-order valence-electron chi connectivity index (χ3n) is 2.42. The Morgan fingerprint density at radius 1 is 1.47 bits per heavy atom. The van der Waals surface area contributed by atoms with E-state index in [2.05, 4.69) is 21.2 Å². The molecule has 7 heteroatoms. The molecule has 19 heavy (non-hydrogen) atoms. The normalized spacial score (nSPS) is 13.6. The average Bonchev–Trinajstić information content (AvgIpc) is 2.24. The first kappa shape index (κ1) is 15.5. The van der Waals surface area contributed by atoms with Crippen LogP contribution in [0.3, 0.4) is 0 Å². The van der Waals surface area contributed by atoms with Crippen LogP contribution in [0.4, 0.5) is 5.69 Å². The van der Waals surface area contributed by atoms with Crippen LogP contribution in [0, 0.1) is 0 Å². The van der Waals surface area contributed by atoms with Gasteiger partial charge in [0.15, 0.2) is 0 Å². The average molecular weight is 331 g/mol. The highest BCUT2D eigenvalue weighted by Gasteiger charge is 2.25. The fraction of sp³-hybridized carbons (Fsp3) is 0.333. The molecule has 0 heterocycles. The van der Waals surface area contributed by atoms with Crippen molar-refractivity contribution in [3.8, 4) is 0 Å². The van der Waals surface area contributed by atoms with E-state index in [4.69, 9.17) is 10.8 Å². The van der Waals surface area contributed by atoms with Crippen molar-refractivity contribution < 1.29 is 19.8 Å². The van der Waals surface area contributed by atoms with Crippen LogP contribution in [0.1, 0.15) is 23.7 Å². The van der Waals surface area contributed by atoms with Gasteiger partial charge < -0.3 is 21.3 Å². The van der Waals surface area contributed by atoms with Crippen LogP contribution in [-0.2, 0) is 4.79 Å². The third-order valence-corrected chi connectivity index (χ3v) is 2.91. The van der Waals surface area contributed by atoms with Gasteiger partial charge in [0.2, 0.25) is 0 Å². The number of nitrogens with two attached hydrogens (primary N) is 1. The number of hydrogen-bond donors (Lipinski definition) is 4. The molecule has 0 aromatic heterocycles. The summed E-state index contributed by atoms with van der Waals surface area (Å²) in [7, 11) is 0. The molecule has 0 aliphatic carbocycles. The highest BCUT2D eigenvalue weighted by Crippen LogP contribution is 2.18. The zero-order chi connectivity index (χ0) is 14.6.